The normalized spacial score (nSPS) is 14.6. The lowest BCUT2D eigenvalue weighted by Crippen LogP contribution is -2.25. The molecule has 0 aliphatic rings. The zero-order chi connectivity index (χ0) is 10.2. The second-order valence-electron chi connectivity index (χ2n) is 4.45. The number of hydrogen-bond acceptors (Lipinski definition) is 2. The maximum Gasteiger partial charge on any atom is 0.0731 e. The predicted octanol–water partition coefficient (Wildman–Crippen LogP) is 3.86. The van der Waals surface area contributed by atoms with E-state index in [0.717, 1.165) is 0 Å². The molecule has 0 aliphatic heterocycles. The largest absolute Gasteiger partial charge is 0.323 e. The number of rotatable bonds is 1. The molecular formula is C10H16BrNS. The third-order valence-electron chi connectivity index (χ3n) is 2.12. The molecule has 1 heterocycles. The number of halogens is 1. The highest BCUT2D eigenvalue weighted by Gasteiger charge is 2.24. The Balaban J connectivity index is 2.96. The molecule has 0 bridgehead atoms. The molecule has 0 aromatic carbocycles. The molecule has 1 aromatic heterocycles. The summed E-state index contributed by atoms with van der Waals surface area (Å²) in [6.45, 7) is 8.60. The van der Waals surface area contributed by atoms with Crippen LogP contribution in [0.1, 0.15) is 37.3 Å². The van der Waals surface area contributed by atoms with E-state index in [1.165, 1.54) is 14.2 Å². The lowest BCUT2D eigenvalue weighted by atomic mass is 9.86. The van der Waals surface area contributed by atoms with Gasteiger partial charge in [-0.3, -0.25) is 0 Å². The molecule has 3 heteroatoms. The Bertz CT molecular complexity index is 279. The quantitative estimate of drug-likeness (QED) is 0.817. The van der Waals surface area contributed by atoms with Crippen molar-refractivity contribution in [1.82, 2.24) is 0 Å². The molecule has 0 saturated heterocycles. The topological polar surface area (TPSA) is 26.0 Å². The van der Waals surface area contributed by atoms with E-state index in [2.05, 4.69) is 49.7 Å². The Kier molecular flexibility index (Phi) is 3.20. The number of thiophene rings is 1. The molecule has 1 atom stereocenters. The molecule has 0 fully saturated rings. The van der Waals surface area contributed by atoms with Gasteiger partial charge in [-0.15, -0.1) is 11.3 Å². The van der Waals surface area contributed by atoms with Gasteiger partial charge in [-0.25, -0.2) is 0 Å². The van der Waals surface area contributed by atoms with Gasteiger partial charge in [0.1, 0.15) is 0 Å². The van der Waals surface area contributed by atoms with Gasteiger partial charge in [-0.1, -0.05) is 20.8 Å². The van der Waals surface area contributed by atoms with Gasteiger partial charge >= 0.3 is 0 Å². The van der Waals surface area contributed by atoms with Crippen LogP contribution >= 0.6 is 27.3 Å². The molecule has 1 nitrogen and oxygen atoms in total. The lowest BCUT2D eigenvalue weighted by molar-refractivity contribution is 0.331. The molecular weight excluding hydrogens is 246 g/mol. The van der Waals surface area contributed by atoms with E-state index >= 15 is 0 Å². The van der Waals surface area contributed by atoms with Gasteiger partial charge in [0.05, 0.1) is 3.79 Å². The summed E-state index contributed by atoms with van der Waals surface area (Å²) in [7, 11) is 0. The van der Waals surface area contributed by atoms with Crippen molar-refractivity contribution in [3.63, 3.8) is 0 Å². The summed E-state index contributed by atoms with van der Waals surface area (Å²) in [6.07, 6.45) is 0. The van der Waals surface area contributed by atoms with Crippen molar-refractivity contribution in [1.29, 1.82) is 0 Å². The van der Waals surface area contributed by atoms with Crippen LogP contribution in [0.3, 0.4) is 0 Å². The van der Waals surface area contributed by atoms with Crippen LogP contribution in [0.4, 0.5) is 0 Å². The zero-order valence-electron chi connectivity index (χ0n) is 8.52. The standard InChI is InChI=1S/C10H16BrNS/c1-6-5-7(13-9(6)11)8(12)10(2,3)4/h5,8H,12H2,1-4H3/t8-/m1/s1. The maximum atomic E-state index is 6.14. The summed E-state index contributed by atoms with van der Waals surface area (Å²) in [5.74, 6) is 0. The van der Waals surface area contributed by atoms with Crippen LogP contribution in [-0.4, -0.2) is 0 Å². The molecule has 0 amide bonds. The average Bonchev–Trinajstić information content (AvgIpc) is 2.29. The summed E-state index contributed by atoms with van der Waals surface area (Å²) in [6, 6.07) is 2.30. The fourth-order valence-electron chi connectivity index (χ4n) is 1.06. The molecule has 2 N–H and O–H groups in total. The van der Waals surface area contributed by atoms with Gasteiger partial charge < -0.3 is 5.73 Å². The third kappa shape index (κ3) is 2.55. The molecule has 0 unspecified atom stereocenters. The minimum Gasteiger partial charge on any atom is -0.323 e. The Labute approximate surface area is 92.5 Å². The number of hydrogen-bond donors (Lipinski definition) is 1. The van der Waals surface area contributed by atoms with Crippen molar-refractivity contribution < 1.29 is 0 Å². The summed E-state index contributed by atoms with van der Waals surface area (Å²) in [5.41, 5.74) is 7.56. The zero-order valence-corrected chi connectivity index (χ0v) is 10.9. The Morgan fingerprint density at radius 1 is 1.46 bits per heavy atom. The third-order valence-corrected chi connectivity index (χ3v) is 4.34. The van der Waals surface area contributed by atoms with Crippen LogP contribution in [0.15, 0.2) is 9.85 Å². The molecule has 1 aromatic rings. The molecule has 13 heavy (non-hydrogen) atoms. The molecule has 74 valence electrons. The van der Waals surface area contributed by atoms with Crippen LogP contribution in [0.5, 0.6) is 0 Å². The van der Waals surface area contributed by atoms with Gasteiger partial charge in [-0.2, -0.15) is 0 Å². The fourth-order valence-corrected chi connectivity index (χ4v) is 2.88. The van der Waals surface area contributed by atoms with Crippen LogP contribution in [-0.2, 0) is 0 Å². The highest BCUT2D eigenvalue weighted by molar-refractivity contribution is 9.11. The van der Waals surface area contributed by atoms with Gasteiger partial charge in [0, 0.05) is 10.9 Å². The SMILES string of the molecule is Cc1cc([C@@H](N)C(C)(C)C)sc1Br. The monoisotopic (exact) mass is 261 g/mol. The fraction of sp³-hybridized carbons (Fsp3) is 0.600. The minimum absolute atomic E-state index is 0.127. The van der Waals surface area contributed by atoms with Crippen molar-refractivity contribution in [3.8, 4) is 0 Å². The van der Waals surface area contributed by atoms with Gasteiger partial charge in [0.2, 0.25) is 0 Å². The second kappa shape index (κ2) is 3.71. The number of aryl methyl sites for hydroxylation is 1. The molecule has 0 radical (unpaired) electrons. The van der Waals surface area contributed by atoms with Crippen LogP contribution in [0, 0.1) is 12.3 Å². The molecule has 1 rings (SSSR count). The van der Waals surface area contributed by atoms with Crippen molar-refractivity contribution in [3.05, 3.63) is 20.3 Å². The highest BCUT2D eigenvalue weighted by Crippen LogP contribution is 2.37. The first kappa shape index (κ1) is 11.2. The van der Waals surface area contributed by atoms with E-state index in [9.17, 15) is 0 Å². The highest BCUT2D eigenvalue weighted by atomic mass is 79.9. The van der Waals surface area contributed by atoms with Gasteiger partial charge in [0.15, 0.2) is 0 Å². The van der Waals surface area contributed by atoms with Gasteiger partial charge in [0.25, 0.3) is 0 Å². The number of nitrogens with two attached hydrogens (primary N) is 1. The van der Waals surface area contributed by atoms with Crippen LogP contribution in [0.2, 0.25) is 0 Å². The first-order valence-corrected chi connectivity index (χ1v) is 5.94. The summed E-state index contributed by atoms with van der Waals surface area (Å²) >= 11 is 5.26. The first-order chi connectivity index (χ1) is 5.82. The molecule has 0 spiro atoms. The van der Waals surface area contributed by atoms with Crippen molar-refractivity contribution in [2.75, 3.05) is 0 Å². The van der Waals surface area contributed by atoms with Crippen molar-refractivity contribution >= 4 is 27.3 Å². The van der Waals surface area contributed by atoms with Crippen LogP contribution < -0.4 is 5.73 Å². The summed E-state index contributed by atoms with van der Waals surface area (Å²) < 4.78 is 1.20. The maximum absolute atomic E-state index is 6.14. The van der Waals surface area contributed by atoms with Crippen LogP contribution in [0.25, 0.3) is 0 Å². The van der Waals surface area contributed by atoms with Gasteiger partial charge in [-0.05, 0) is 39.9 Å². The average molecular weight is 262 g/mol. The molecule has 0 saturated carbocycles. The van der Waals surface area contributed by atoms with E-state index in [1.54, 1.807) is 11.3 Å². The van der Waals surface area contributed by atoms with Crippen molar-refractivity contribution in [2.24, 2.45) is 11.1 Å². The Morgan fingerprint density at radius 3 is 2.31 bits per heavy atom. The smallest absolute Gasteiger partial charge is 0.0731 e. The van der Waals surface area contributed by atoms with E-state index in [0.29, 0.717) is 0 Å². The molecule has 0 aliphatic carbocycles. The Hall–Kier alpha value is 0.140. The van der Waals surface area contributed by atoms with E-state index in [4.69, 9.17) is 5.73 Å². The Morgan fingerprint density at radius 2 is 2.00 bits per heavy atom. The summed E-state index contributed by atoms with van der Waals surface area (Å²) in [4.78, 5) is 1.26. The minimum atomic E-state index is 0.127. The van der Waals surface area contributed by atoms with E-state index < -0.39 is 0 Å². The predicted molar refractivity (Wildman–Crippen MR) is 63.1 cm³/mol. The summed E-state index contributed by atoms with van der Waals surface area (Å²) in [5, 5.41) is 0. The first-order valence-electron chi connectivity index (χ1n) is 4.34. The van der Waals surface area contributed by atoms with E-state index in [-0.39, 0.29) is 11.5 Å². The lowest BCUT2D eigenvalue weighted by Gasteiger charge is -2.25. The van der Waals surface area contributed by atoms with E-state index in [1.807, 2.05) is 0 Å². The second-order valence-corrected chi connectivity index (χ2v) is 6.85. The van der Waals surface area contributed by atoms with Crippen molar-refractivity contribution in [2.45, 2.75) is 33.7 Å².